The number of nitrogens with one attached hydrogen (secondary N) is 1. The van der Waals surface area contributed by atoms with Crippen molar-refractivity contribution in [3.63, 3.8) is 0 Å². The Kier molecular flexibility index (Phi) is 6.39. The Hall–Kier alpha value is -2.34. The standard InChI is InChI=1S/C16H10ClFN4O3S3/c17-9-1-4-11(5-2-9)21-16(26)28-15(20-21)27-8-14(23)19-10-3-6-12(18)13(7-10)22(24)25/h1-7H,8H2,(H,19,23). The van der Waals surface area contributed by atoms with Crippen molar-refractivity contribution in [1.29, 1.82) is 0 Å². The van der Waals surface area contributed by atoms with Gasteiger partial charge < -0.3 is 5.32 Å². The summed E-state index contributed by atoms with van der Waals surface area (Å²) in [4.78, 5) is 22.0. The van der Waals surface area contributed by atoms with Crippen molar-refractivity contribution in [3.05, 3.63) is 67.4 Å². The van der Waals surface area contributed by atoms with Crippen LogP contribution in [0, 0.1) is 19.9 Å². The molecule has 3 aromatic rings. The lowest BCUT2D eigenvalue weighted by atomic mass is 10.2. The minimum Gasteiger partial charge on any atom is -0.325 e. The van der Waals surface area contributed by atoms with Gasteiger partial charge in [-0.2, -0.15) is 4.39 Å². The zero-order chi connectivity index (χ0) is 20.3. The Labute approximate surface area is 176 Å². The Morgan fingerprint density at radius 1 is 1.36 bits per heavy atom. The molecule has 144 valence electrons. The summed E-state index contributed by atoms with van der Waals surface area (Å²) in [5.41, 5.74) is 0.184. The summed E-state index contributed by atoms with van der Waals surface area (Å²) < 4.78 is 16.0. The van der Waals surface area contributed by atoms with E-state index in [1.54, 1.807) is 28.9 Å². The van der Waals surface area contributed by atoms with Crippen LogP contribution in [0.25, 0.3) is 5.69 Å². The summed E-state index contributed by atoms with van der Waals surface area (Å²) >= 11 is 13.6. The monoisotopic (exact) mass is 456 g/mol. The van der Waals surface area contributed by atoms with Crippen LogP contribution in [0.4, 0.5) is 15.8 Å². The quantitative estimate of drug-likeness (QED) is 0.240. The molecule has 2 aromatic carbocycles. The molecule has 0 fully saturated rings. The molecule has 0 saturated carbocycles. The molecule has 0 radical (unpaired) electrons. The zero-order valence-corrected chi connectivity index (χ0v) is 17.0. The number of nitro groups is 1. The maximum absolute atomic E-state index is 13.3. The number of amides is 1. The van der Waals surface area contributed by atoms with Gasteiger partial charge in [-0.3, -0.25) is 14.9 Å². The minimum atomic E-state index is -0.968. The average molecular weight is 457 g/mol. The molecule has 0 unspecified atom stereocenters. The number of aromatic nitrogens is 2. The highest BCUT2D eigenvalue weighted by Crippen LogP contribution is 2.26. The van der Waals surface area contributed by atoms with Crippen LogP contribution >= 0.6 is 46.9 Å². The van der Waals surface area contributed by atoms with Gasteiger partial charge in [-0.15, -0.1) is 5.10 Å². The summed E-state index contributed by atoms with van der Waals surface area (Å²) in [6, 6.07) is 10.2. The molecular weight excluding hydrogens is 447 g/mol. The van der Waals surface area contributed by atoms with Crippen molar-refractivity contribution >= 4 is 64.2 Å². The molecule has 0 aliphatic rings. The highest BCUT2D eigenvalue weighted by atomic mass is 35.5. The number of carbonyl (C=O) groups is 1. The van der Waals surface area contributed by atoms with Gasteiger partial charge in [0.1, 0.15) is 0 Å². The Bertz CT molecular complexity index is 1100. The number of benzene rings is 2. The van der Waals surface area contributed by atoms with Crippen LogP contribution in [0.3, 0.4) is 0 Å². The maximum Gasteiger partial charge on any atom is 0.306 e. The summed E-state index contributed by atoms with van der Waals surface area (Å²) in [5, 5.41) is 18.2. The molecule has 7 nitrogen and oxygen atoms in total. The second-order valence-electron chi connectivity index (χ2n) is 5.28. The van der Waals surface area contributed by atoms with Crippen LogP contribution in [-0.2, 0) is 4.79 Å². The van der Waals surface area contributed by atoms with Crippen LogP contribution in [0.15, 0.2) is 46.8 Å². The van der Waals surface area contributed by atoms with E-state index in [2.05, 4.69) is 10.4 Å². The van der Waals surface area contributed by atoms with Crippen molar-refractivity contribution in [2.45, 2.75) is 4.34 Å². The second-order valence-corrected chi connectivity index (χ2v) is 8.56. The van der Waals surface area contributed by atoms with E-state index in [1.165, 1.54) is 29.2 Å². The van der Waals surface area contributed by atoms with Crippen LogP contribution in [0.5, 0.6) is 0 Å². The van der Waals surface area contributed by atoms with Gasteiger partial charge >= 0.3 is 5.69 Å². The number of nitrogens with zero attached hydrogens (tertiary/aromatic N) is 3. The molecular formula is C16H10ClFN4O3S3. The van der Waals surface area contributed by atoms with E-state index in [0.717, 1.165) is 17.8 Å². The zero-order valence-electron chi connectivity index (χ0n) is 13.8. The Balaban J connectivity index is 1.65. The number of halogens is 2. The fourth-order valence-corrected chi connectivity index (χ4v) is 4.41. The molecule has 1 heterocycles. The third kappa shape index (κ3) is 4.93. The van der Waals surface area contributed by atoms with E-state index in [9.17, 15) is 19.3 Å². The lowest BCUT2D eigenvalue weighted by Crippen LogP contribution is -2.14. The Morgan fingerprint density at radius 2 is 2.07 bits per heavy atom. The molecule has 1 N–H and O–H groups in total. The van der Waals surface area contributed by atoms with Gasteiger partial charge in [0.25, 0.3) is 0 Å². The summed E-state index contributed by atoms with van der Waals surface area (Å²) in [6.07, 6.45) is 0. The van der Waals surface area contributed by atoms with E-state index in [1.807, 2.05) is 0 Å². The highest BCUT2D eigenvalue weighted by Gasteiger charge is 2.16. The van der Waals surface area contributed by atoms with Crippen LogP contribution in [0.1, 0.15) is 0 Å². The maximum atomic E-state index is 13.3. The highest BCUT2D eigenvalue weighted by molar-refractivity contribution is 8.01. The van der Waals surface area contributed by atoms with Gasteiger partial charge in [-0.25, -0.2) is 4.68 Å². The van der Waals surface area contributed by atoms with Gasteiger partial charge in [0.05, 0.1) is 16.4 Å². The minimum absolute atomic E-state index is 0.00801. The lowest BCUT2D eigenvalue weighted by Gasteiger charge is -2.04. The van der Waals surface area contributed by atoms with Gasteiger partial charge in [-0.1, -0.05) is 34.7 Å². The first-order valence-corrected chi connectivity index (χ1v) is 10.1. The van der Waals surface area contributed by atoms with Crippen molar-refractivity contribution in [2.75, 3.05) is 11.1 Å². The number of hydrogen-bond acceptors (Lipinski definition) is 7. The van der Waals surface area contributed by atoms with Crippen molar-refractivity contribution in [2.24, 2.45) is 0 Å². The largest absolute Gasteiger partial charge is 0.325 e. The molecule has 1 amide bonds. The first-order valence-electron chi connectivity index (χ1n) is 7.56. The molecule has 0 saturated heterocycles. The second kappa shape index (κ2) is 8.78. The van der Waals surface area contributed by atoms with E-state index < -0.39 is 22.3 Å². The molecule has 3 rings (SSSR count). The molecule has 0 bridgehead atoms. The normalized spacial score (nSPS) is 10.6. The Morgan fingerprint density at radius 3 is 2.75 bits per heavy atom. The summed E-state index contributed by atoms with van der Waals surface area (Å²) in [5.74, 6) is -1.37. The smallest absolute Gasteiger partial charge is 0.306 e. The third-order valence-corrected chi connectivity index (χ3v) is 5.97. The van der Waals surface area contributed by atoms with Crippen LogP contribution < -0.4 is 5.32 Å². The van der Waals surface area contributed by atoms with Crippen LogP contribution in [0.2, 0.25) is 5.02 Å². The molecule has 0 aliphatic carbocycles. The number of anilines is 1. The molecule has 0 spiro atoms. The molecule has 1 aromatic heterocycles. The average Bonchev–Trinajstić information content (AvgIpc) is 3.03. The van der Waals surface area contributed by atoms with Gasteiger partial charge in [0, 0.05) is 16.8 Å². The van der Waals surface area contributed by atoms with Gasteiger partial charge in [-0.05, 0) is 48.6 Å². The predicted octanol–water partition coefficient (Wildman–Crippen LogP) is 5.09. The van der Waals surface area contributed by atoms with Crippen LogP contribution in [-0.4, -0.2) is 26.4 Å². The van der Waals surface area contributed by atoms with Crippen molar-refractivity contribution < 1.29 is 14.1 Å². The molecule has 0 atom stereocenters. The van der Waals surface area contributed by atoms with Gasteiger partial charge in [0.15, 0.2) is 8.29 Å². The number of thioether (sulfide) groups is 1. The summed E-state index contributed by atoms with van der Waals surface area (Å²) in [7, 11) is 0. The number of rotatable bonds is 6. The van der Waals surface area contributed by atoms with E-state index in [4.69, 9.17) is 23.8 Å². The predicted molar refractivity (Wildman–Crippen MR) is 110 cm³/mol. The van der Waals surface area contributed by atoms with Crippen molar-refractivity contribution in [3.8, 4) is 5.69 Å². The van der Waals surface area contributed by atoms with Crippen molar-refractivity contribution in [1.82, 2.24) is 9.78 Å². The first kappa shape index (κ1) is 20.4. The SMILES string of the molecule is O=C(CSc1nn(-c2ccc(Cl)cc2)c(=S)s1)Nc1ccc(F)c([N+](=O)[O-])c1. The fourth-order valence-electron chi connectivity index (χ4n) is 2.12. The lowest BCUT2D eigenvalue weighted by molar-refractivity contribution is -0.387. The van der Waals surface area contributed by atoms with E-state index >= 15 is 0 Å². The number of nitro benzene ring substituents is 1. The number of hydrogen-bond donors (Lipinski definition) is 1. The van der Waals surface area contributed by atoms with E-state index in [-0.39, 0.29) is 11.4 Å². The first-order chi connectivity index (χ1) is 13.3. The van der Waals surface area contributed by atoms with E-state index in [0.29, 0.717) is 13.3 Å². The van der Waals surface area contributed by atoms with Gasteiger partial charge in [0.2, 0.25) is 11.7 Å². The number of carbonyl (C=O) groups excluding carboxylic acids is 1. The third-order valence-electron chi connectivity index (χ3n) is 3.35. The molecule has 28 heavy (non-hydrogen) atoms. The fraction of sp³-hybridized carbons (Fsp3) is 0.0625. The molecule has 0 aliphatic heterocycles. The summed E-state index contributed by atoms with van der Waals surface area (Å²) in [6.45, 7) is 0. The topological polar surface area (TPSA) is 90.1 Å². The molecule has 12 heteroatoms.